The number of hydrogen-bond donors (Lipinski definition) is 2. The highest BCUT2D eigenvalue weighted by atomic mass is 15.0. The Kier molecular flexibility index (Phi) is 3.64. The first-order valence-electron chi connectivity index (χ1n) is 7.73. The zero-order valence-electron chi connectivity index (χ0n) is 12.2. The average Bonchev–Trinajstić information content (AvgIpc) is 3.20. The van der Waals surface area contributed by atoms with Crippen LogP contribution >= 0.6 is 0 Å². The Morgan fingerprint density at radius 2 is 2.11 bits per heavy atom. The molecule has 2 heteroatoms. The maximum Gasteiger partial charge on any atom is 0.0449 e. The number of fused-ring (bicyclic) bond motifs is 1. The lowest BCUT2D eigenvalue weighted by atomic mass is 9.91. The first kappa shape index (κ1) is 13.1. The molecule has 0 spiro atoms. The number of rotatable bonds is 5. The smallest absolute Gasteiger partial charge is 0.0449 e. The minimum absolute atomic E-state index is 0.493. The predicted octanol–water partition coefficient (Wildman–Crippen LogP) is 2.90. The van der Waals surface area contributed by atoms with Crippen LogP contribution in [0.25, 0.3) is 0 Å². The first-order valence-corrected chi connectivity index (χ1v) is 7.73. The van der Waals surface area contributed by atoms with E-state index in [0.29, 0.717) is 11.5 Å². The van der Waals surface area contributed by atoms with Crippen LogP contribution in [0, 0.1) is 11.3 Å². The summed E-state index contributed by atoms with van der Waals surface area (Å²) in [6, 6.07) is 9.37. The van der Waals surface area contributed by atoms with Crippen molar-refractivity contribution in [3.8, 4) is 0 Å². The summed E-state index contributed by atoms with van der Waals surface area (Å²) in [6.07, 6.45) is 3.99. The molecule has 0 bridgehead atoms. The molecule has 2 N–H and O–H groups in total. The van der Waals surface area contributed by atoms with E-state index >= 15 is 0 Å². The van der Waals surface area contributed by atoms with Gasteiger partial charge in [0.1, 0.15) is 0 Å². The first-order chi connectivity index (χ1) is 9.21. The van der Waals surface area contributed by atoms with Gasteiger partial charge in [0, 0.05) is 19.1 Å². The van der Waals surface area contributed by atoms with Crippen molar-refractivity contribution in [3.63, 3.8) is 0 Å². The van der Waals surface area contributed by atoms with E-state index in [2.05, 4.69) is 48.7 Å². The third kappa shape index (κ3) is 2.70. The fourth-order valence-electron chi connectivity index (χ4n) is 3.36. The minimum atomic E-state index is 0.493. The van der Waals surface area contributed by atoms with Crippen molar-refractivity contribution in [3.05, 3.63) is 35.4 Å². The number of hydrogen-bond acceptors (Lipinski definition) is 2. The number of nitrogens with one attached hydrogen (secondary N) is 2. The van der Waals surface area contributed by atoms with Crippen molar-refractivity contribution in [2.24, 2.45) is 11.3 Å². The van der Waals surface area contributed by atoms with Crippen molar-refractivity contribution in [2.45, 2.75) is 39.2 Å². The zero-order chi connectivity index (χ0) is 13.3. The van der Waals surface area contributed by atoms with E-state index in [0.717, 1.165) is 19.0 Å². The highest BCUT2D eigenvalue weighted by molar-refractivity contribution is 5.32. The molecule has 0 amide bonds. The fraction of sp³-hybridized carbons (Fsp3) is 0.647. The highest BCUT2D eigenvalue weighted by Gasteiger charge is 2.44. The van der Waals surface area contributed by atoms with Gasteiger partial charge >= 0.3 is 0 Å². The van der Waals surface area contributed by atoms with Gasteiger partial charge in [-0.05, 0) is 48.3 Å². The molecule has 1 heterocycles. The third-order valence-corrected chi connectivity index (χ3v) is 5.16. The van der Waals surface area contributed by atoms with Crippen molar-refractivity contribution >= 4 is 0 Å². The van der Waals surface area contributed by atoms with Gasteiger partial charge < -0.3 is 10.6 Å². The van der Waals surface area contributed by atoms with E-state index < -0.39 is 0 Å². The summed E-state index contributed by atoms with van der Waals surface area (Å²) in [5.74, 6) is 0.812. The van der Waals surface area contributed by atoms with Crippen molar-refractivity contribution in [2.75, 3.05) is 19.6 Å². The molecule has 1 atom stereocenters. The molecular formula is C17H26N2. The second-order valence-corrected chi connectivity index (χ2v) is 6.60. The monoisotopic (exact) mass is 258 g/mol. The topological polar surface area (TPSA) is 24.1 Å². The van der Waals surface area contributed by atoms with Crippen LogP contribution in [0.2, 0.25) is 0 Å². The molecular weight excluding hydrogens is 232 g/mol. The van der Waals surface area contributed by atoms with Gasteiger partial charge in [0.2, 0.25) is 0 Å². The van der Waals surface area contributed by atoms with Crippen molar-refractivity contribution in [1.82, 2.24) is 10.6 Å². The van der Waals surface area contributed by atoms with Gasteiger partial charge in [-0.3, -0.25) is 0 Å². The van der Waals surface area contributed by atoms with Gasteiger partial charge in [0.25, 0.3) is 0 Å². The van der Waals surface area contributed by atoms with E-state index in [1.54, 1.807) is 0 Å². The minimum Gasteiger partial charge on any atom is -0.314 e. The fourth-order valence-corrected chi connectivity index (χ4v) is 3.36. The van der Waals surface area contributed by atoms with E-state index in [4.69, 9.17) is 0 Å². The lowest BCUT2D eigenvalue weighted by molar-refractivity contribution is 0.328. The summed E-state index contributed by atoms with van der Waals surface area (Å²) < 4.78 is 0. The zero-order valence-corrected chi connectivity index (χ0v) is 12.2. The molecule has 1 aromatic rings. The molecule has 0 radical (unpaired) electrons. The molecule has 0 aromatic heterocycles. The van der Waals surface area contributed by atoms with Gasteiger partial charge in [-0.1, -0.05) is 38.1 Å². The summed E-state index contributed by atoms with van der Waals surface area (Å²) in [7, 11) is 0. The van der Waals surface area contributed by atoms with Crippen molar-refractivity contribution in [1.29, 1.82) is 0 Å². The maximum absolute atomic E-state index is 3.72. The van der Waals surface area contributed by atoms with E-state index in [9.17, 15) is 0 Å². The van der Waals surface area contributed by atoms with Gasteiger partial charge in [0.05, 0.1) is 0 Å². The van der Waals surface area contributed by atoms with E-state index in [-0.39, 0.29) is 0 Å². The van der Waals surface area contributed by atoms with E-state index in [1.807, 2.05) is 0 Å². The summed E-state index contributed by atoms with van der Waals surface area (Å²) in [5, 5.41) is 7.37. The Hall–Kier alpha value is -0.860. The molecule has 1 aliphatic heterocycles. The second-order valence-electron chi connectivity index (χ2n) is 6.60. The molecule has 0 saturated heterocycles. The molecule has 1 aromatic carbocycles. The average molecular weight is 258 g/mol. The van der Waals surface area contributed by atoms with Crippen LogP contribution in [0.15, 0.2) is 24.3 Å². The summed E-state index contributed by atoms with van der Waals surface area (Å²) in [6.45, 7) is 8.08. The maximum atomic E-state index is 3.72. The van der Waals surface area contributed by atoms with Crippen LogP contribution < -0.4 is 10.6 Å². The SMILES string of the molecule is CC(C)C1(CNCC2NCCc3ccccc32)CC1. The molecule has 19 heavy (non-hydrogen) atoms. The van der Waals surface area contributed by atoms with E-state index in [1.165, 1.54) is 36.9 Å². The lowest BCUT2D eigenvalue weighted by Gasteiger charge is -2.28. The Bertz CT molecular complexity index is 435. The summed E-state index contributed by atoms with van der Waals surface area (Å²) in [4.78, 5) is 0. The highest BCUT2D eigenvalue weighted by Crippen LogP contribution is 2.51. The van der Waals surface area contributed by atoms with Gasteiger partial charge in [-0.25, -0.2) is 0 Å². The Morgan fingerprint density at radius 1 is 1.32 bits per heavy atom. The molecule has 1 saturated carbocycles. The molecule has 1 unspecified atom stereocenters. The molecule has 2 aliphatic rings. The normalized spacial score (nSPS) is 24.3. The molecule has 1 fully saturated rings. The summed E-state index contributed by atoms with van der Waals surface area (Å²) in [5.41, 5.74) is 3.63. The summed E-state index contributed by atoms with van der Waals surface area (Å²) >= 11 is 0. The molecule has 1 aliphatic carbocycles. The molecule has 3 rings (SSSR count). The molecule has 2 nitrogen and oxygen atoms in total. The van der Waals surface area contributed by atoms with Crippen LogP contribution in [-0.4, -0.2) is 19.6 Å². The van der Waals surface area contributed by atoms with Crippen LogP contribution in [-0.2, 0) is 6.42 Å². The van der Waals surface area contributed by atoms with Crippen molar-refractivity contribution < 1.29 is 0 Å². The third-order valence-electron chi connectivity index (χ3n) is 5.16. The Balaban J connectivity index is 1.57. The van der Waals surface area contributed by atoms with Crippen LogP contribution in [0.3, 0.4) is 0 Å². The van der Waals surface area contributed by atoms with Crippen LogP contribution in [0.1, 0.15) is 43.9 Å². The number of benzene rings is 1. The lowest BCUT2D eigenvalue weighted by Crippen LogP contribution is -2.39. The molecule has 104 valence electrons. The Labute approximate surface area is 117 Å². The van der Waals surface area contributed by atoms with Gasteiger partial charge in [0.15, 0.2) is 0 Å². The van der Waals surface area contributed by atoms with Gasteiger partial charge in [-0.2, -0.15) is 0 Å². The Morgan fingerprint density at radius 3 is 2.84 bits per heavy atom. The van der Waals surface area contributed by atoms with Crippen LogP contribution in [0.5, 0.6) is 0 Å². The second kappa shape index (κ2) is 5.26. The van der Waals surface area contributed by atoms with Crippen LogP contribution in [0.4, 0.5) is 0 Å². The predicted molar refractivity (Wildman–Crippen MR) is 80.3 cm³/mol. The quantitative estimate of drug-likeness (QED) is 0.848. The van der Waals surface area contributed by atoms with Gasteiger partial charge in [-0.15, -0.1) is 0 Å². The standard InChI is InChI=1S/C17H26N2/c1-13(2)17(8-9-17)12-18-11-16-15-6-4-3-5-14(15)7-10-19-16/h3-6,13,16,18-19H,7-12H2,1-2H3. The largest absolute Gasteiger partial charge is 0.314 e.